The Balaban J connectivity index is 1.99. The lowest BCUT2D eigenvalue weighted by atomic mass is 10.2. The average Bonchev–Trinajstić information content (AvgIpc) is 2.39. The number of rotatable bonds is 8. The minimum absolute atomic E-state index is 0.0409. The third kappa shape index (κ3) is 6.37. The van der Waals surface area contributed by atoms with Crippen LogP contribution in [0, 0.1) is 6.92 Å². The van der Waals surface area contributed by atoms with Crippen molar-refractivity contribution in [1.29, 1.82) is 0 Å². The van der Waals surface area contributed by atoms with Gasteiger partial charge in [0.1, 0.15) is 6.79 Å². The monoisotopic (exact) mass is 251 g/mol. The molecule has 18 heavy (non-hydrogen) atoms. The summed E-state index contributed by atoms with van der Waals surface area (Å²) in [7, 11) is 1.63. The van der Waals surface area contributed by atoms with Crippen LogP contribution in [0.15, 0.2) is 24.3 Å². The van der Waals surface area contributed by atoms with Crippen LogP contribution < -0.4 is 5.32 Å². The zero-order valence-electron chi connectivity index (χ0n) is 11.1. The molecule has 0 heterocycles. The predicted octanol–water partition coefficient (Wildman–Crippen LogP) is 2.01. The largest absolute Gasteiger partial charge is 0.359 e. The lowest BCUT2D eigenvalue weighted by molar-refractivity contribution is -0.121. The van der Waals surface area contributed by atoms with Crippen molar-refractivity contribution in [1.82, 2.24) is 5.32 Å². The van der Waals surface area contributed by atoms with E-state index in [1.165, 1.54) is 5.56 Å². The Morgan fingerprint density at radius 3 is 2.61 bits per heavy atom. The molecule has 1 aromatic carbocycles. The third-order valence-corrected chi connectivity index (χ3v) is 2.53. The van der Waals surface area contributed by atoms with Crippen LogP contribution in [0.5, 0.6) is 0 Å². The molecule has 0 aromatic heterocycles. The van der Waals surface area contributed by atoms with Crippen LogP contribution >= 0.6 is 0 Å². The van der Waals surface area contributed by atoms with Crippen molar-refractivity contribution in [3.05, 3.63) is 35.4 Å². The summed E-state index contributed by atoms with van der Waals surface area (Å²) in [5.41, 5.74) is 2.37. The molecule has 0 saturated carbocycles. The lowest BCUT2D eigenvalue weighted by Gasteiger charge is -2.06. The van der Waals surface area contributed by atoms with E-state index in [0.717, 1.165) is 5.56 Å². The van der Waals surface area contributed by atoms with Crippen LogP contribution in [0.4, 0.5) is 0 Å². The highest BCUT2D eigenvalue weighted by atomic mass is 16.7. The van der Waals surface area contributed by atoms with Crippen molar-refractivity contribution in [3.63, 3.8) is 0 Å². The van der Waals surface area contributed by atoms with Gasteiger partial charge < -0.3 is 14.8 Å². The zero-order chi connectivity index (χ0) is 13.2. The molecule has 1 rings (SSSR count). The molecule has 0 spiro atoms. The Morgan fingerprint density at radius 1 is 1.22 bits per heavy atom. The van der Waals surface area contributed by atoms with Gasteiger partial charge in [0.05, 0.1) is 6.61 Å². The fraction of sp³-hybridized carbons (Fsp3) is 0.500. The van der Waals surface area contributed by atoms with Crippen LogP contribution in [-0.4, -0.2) is 26.4 Å². The van der Waals surface area contributed by atoms with Gasteiger partial charge in [-0.2, -0.15) is 0 Å². The Kier molecular flexibility index (Phi) is 7.06. The van der Waals surface area contributed by atoms with Gasteiger partial charge in [-0.3, -0.25) is 4.79 Å². The highest BCUT2D eigenvalue weighted by molar-refractivity contribution is 5.75. The van der Waals surface area contributed by atoms with Crippen molar-refractivity contribution in [2.24, 2.45) is 0 Å². The van der Waals surface area contributed by atoms with Gasteiger partial charge in [-0.15, -0.1) is 0 Å². The second-order valence-corrected chi connectivity index (χ2v) is 4.14. The van der Waals surface area contributed by atoms with E-state index in [-0.39, 0.29) is 12.7 Å². The maximum absolute atomic E-state index is 10.9. The van der Waals surface area contributed by atoms with Gasteiger partial charge in [0.15, 0.2) is 0 Å². The molecule has 1 N–H and O–H groups in total. The van der Waals surface area contributed by atoms with Crippen LogP contribution in [0.25, 0.3) is 0 Å². The minimum Gasteiger partial charge on any atom is -0.359 e. The first-order valence-corrected chi connectivity index (χ1v) is 6.14. The molecule has 0 bridgehead atoms. The zero-order valence-corrected chi connectivity index (χ0v) is 11.1. The topological polar surface area (TPSA) is 47.6 Å². The molecule has 0 aliphatic heterocycles. The maximum Gasteiger partial charge on any atom is 0.219 e. The first-order valence-electron chi connectivity index (χ1n) is 6.14. The number of hydrogen-bond donors (Lipinski definition) is 1. The Hall–Kier alpha value is -1.39. The molecule has 4 heteroatoms. The Labute approximate surface area is 108 Å². The minimum atomic E-state index is 0.0409. The van der Waals surface area contributed by atoms with E-state index < -0.39 is 0 Å². The maximum atomic E-state index is 10.9. The number of aryl methyl sites for hydroxylation is 1. The average molecular weight is 251 g/mol. The van der Waals surface area contributed by atoms with E-state index in [4.69, 9.17) is 9.47 Å². The lowest BCUT2D eigenvalue weighted by Crippen LogP contribution is -2.17. The predicted molar refractivity (Wildman–Crippen MR) is 70.1 cm³/mol. The van der Waals surface area contributed by atoms with Crippen LogP contribution in [0.2, 0.25) is 0 Å². The van der Waals surface area contributed by atoms with Crippen LogP contribution in [-0.2, 0) is 20.9 Å². The van der Waals surface area contributed by atoms with E-state index in [2.05, 4.69) is 24.4 Å². The molecule has 0 atom stereocenters. The van der Waals surface area contributed by atoms with Gasteiger partial charge in [0.2, 0.25) is 5.91 Å². The summed E-state index contributed by atoms with van der Waals surface area (Å²) in [6.45, 7) is 3.42. The fourth-order valence-electron chi connectivity index (χ4n) is 1.42. The van der Waals surface area contributed by atoms with Crippen molar-refractivity contribution in [3.8, 4) is 0 Å². The number of ether oxygens (including phenoxy) is 2. The van der Waals surface area contributed by atoms with Gasteiger partial charge in [-0.1, -0.05) is 29.8 Å². The summed E-state index contributed by atoms with van der Waals surface area (Å²) in [6.07, 6.45) is 1.21. The number of hydrogen-bond acceptors (Lipinski definition) is 3. The van der Waals surface area contributed by atoms with Crippen LogP contribution in [0.3, 0.4) is 0 Å². The summed E-state index contributed by atoms with van der Waals surface area (Å²) >= 11 is 0. The van der Waals surface area contributed by atoms with Crippen molar-refractivity contribution >= 4 is 5.91 Å². The normalized spacial score (nSPS) is 10.3. The number of amides is 1. The number of nitrogens with one attached hydrogen (secondary N) is 1. The SMILES string of the molecule is CNC(=O)CCCOCOCc1ccc(C)cc1. The highest BCUT2D eigenvalue weighted by Crippen LogP contribution is 2.04. The summed E-state index contributed by atoms with van der Waals surface area (Å²) in [5.74, 6) is 0.0409. The fourth-order valence-corrected chi connectivity index (χ4v) is 1.42. The molecule has 0 unspecified atom stereocenters. The number of carbonyl (C=O) groups is 1. The second-order valence-electron chi connectivity index (χ2n) is 4.14. The van der Waals surface area contributed by atoms with E-state index in [0.29, 0.717) is 26.1 Å². The third-order valence-electron chi connectivity index (χ3n) is 2.53. The Morgan fingerprint density at radius 2 is 1.94 bits per heavy atom. The molecule has 0 aliphatic rings. The Bertz CT molecular complexity index is 349. The van der Waals surface area contributed by atoms with Gasteiger partial charge in [-0.25, -0.2) is 0 Å². The second kappa shape index (κ2) is 8.66. The quantitative estimate of drug-likeness (QED) is 0.568. The molecule has 0 saturated heterocycles. The number of carbonyl (C=O) groups excluding carboxylic acids is 1. The molecule has 0 fully saturated rings. The van der Waals surface area contributed by atoms with Crippen molar-refractivity contribution < 1.29 is 14.3 Å². The molecule has 0 aliphatic carbocycles. The van der Waals surface area contributed by atoms with E-state index in [9.17, 15) is 4.79 Å². The van der Waals surface area contributed by atoms with E-state index in [1.807, 2.05) is 12.1 Å². The van der Waals surface area contributed by atoms with Crippen molar-refractivity contribution in [2.45, 2.75) is 26.4 Å². The van der Waals surface area contributed by atoms with Gasteiger partial charge >= 0.3 is 0 Å². The van der Waals surface area contributed by atoms with E-state index in [1.54, 1.807) is 7.05 Å². The highest BCUT2D eigenvalue weighted by Gasteiger charge is 1.97. The summed E-state index contributed by atoms with van der Waals surface area (Å²) in [4.78, 5) is 10.9. The van der Waals surface area contributed by atoms with Crippen molar-refractivity contribution in [2.75, 3.05) is 20.4 Å². The first-order chi connectivity index (χ1) is 8.72. The molecule has 1 amide bonds. The molecular weight excluding hydrogens is 230 g/mol. The molecule has 100 valence electrons. The molecule has 0 radical (unpaired) electrons. The van der Waals surface area contributed by atoms with Gasteiger partial charge in [-0.05, 0) is 18.9 Å². The summed E-state index contributed by atoms with van der Waals surface area (Å²) in [6, 6.07) is 8.20. The first kappa shape index (κ1) is 14.7. The molecular formula is C14H21NO3. The van der Waals surface area contributed by atoms with Gasteiger partial charge in [0, 0.05) is 20.1 Å². The smallest absolute Gasteiger partial charge is 0.219 e. The molecule has 4 nitrogen and oxygen atoms in total. The van der Waals surface area contributed by atoms with E-state index >= 15 is 0 Å². The standard InChI is InChI=1S/C14H21NO3/c1-12-5-7-13(8-6-12)10-18-11-17-9-3-4-14(16)15-2/h5-8H,3-4,9-11H2,1-2H3,(H,15,16). The molecule has 1 aromatic rings. The van der Waals surface area contributed by atoms with Crippen LogP contribution in [0.1, 0.15) is 24.0 Å². The number of benzene rings is 1. The summed E-state index contributed by atoms with van der Waals surface area (Å²) in [5, 5.41) is 2.57. The van der Waals surface area contributed by atoms with Gasteiger partial charge in [0.25, 0.3) is 0 Å². The summed E-state index contributed by atoms with van der Waals surface area (Å²) < 4.78 is 10.6.